The topological polar surface area (TPSA) is 115 Å². The summed E-state index contributed by atoms with van der Waals surface area (Å²) in [4.78, 5) is 16.7. The van der Waals surface area contributed by atoms with E-state index in [9.17, 15) is 4.79 Å². The molecule has 0 unspecified atom stereocenters. The van der Waals surface area contributed by atoms with Crippen LogP contribution in [0.3, 0.4) is 0 Å². The van der Waals surface area contributed by atoms with Gasteiger partial charge in [0.2, 0.25) is 11.7 Å². The Morgan fingerprint density at radius 1 is 0.921 bits per heavy atom. The van der Waals surface area contributed by atoms with Gasteiger partial charge in [-0.2, -0.15) is 5.21 Å². The maximum atomic E-state index is 11.8. The van der Waals surface area contributed by atoms with Crippen molar-refractivity contribution >= 4 is 5.91 Å². The molecule has 38 heavy (non-hydrogen) atoms. The Morgan fingerprint density at radius 2 is 1.68 bits per heavy atom. The lowest BCUT2D eigenvalue weighted by atomic mass is 9.93. The van der Waals surface area contributed by atoms with Crippen LogP contribution in [0.25, 0.3) is 33.6 Å². The van der Waals surface area contributed by atoms with E-state index in [0.29, 0.717) is 12.4 Å². The maximum absolute atomic E-state index is 11.8. The molecule has 192 valence electrons. The zero-order chi connectivity index (χ0) is 26.5. The number of nitrogens with two attached hydrogens (primary N) is 1. The summed E-state index contributed by atoms with van der Waals surface area (Å²) >= 11 is 0. The predicted molar refractivity (Wildman–Crippen MR) is 148 cm³/mol. The van der Waals surface area contributed by atoms with E-state index in [1.54, 1.807) is 0 Å². The van der Waals surface area contributed by atoms with Crippen molar-refractivity contribution in [2.24, 2.45) is 5.73 Å². The number of nitrogens with zero attached hydrogens (tertiary/aromatic N) is 5. The summed E-state index contributed by atoms with van der Waals surface area (Å²) in [5, 5.41) is 14.8. The highest BCUT2D eigenvalue weighted by Gasteiger charge is 2.18. The molecule has 0 spiro atoms. The van der Waals surface area contributed by atoms with Gasteiger partial charge in [-0.3, -0.25) is 4.79 Å². The minimum Gasteiger partial charge on any atom is -0.369 e. The molecule has 0 saturated carbocycles. The zero-order valence-corrected chi connectivity index (χ0v) is 21.7. The average Bonchev–Trinajstić information content (AvgIpc) is 3.58. The van der Waals surface area contributed by atoms with Crippen LogP contribution < -0.4 is 5.73 Å². The molecule has 0 aliphatic carbocycles. The van der Waals surface area contributed by atoms with Crippen LogP contribution in [-0.4, -0.2) is 36.1 Å². The number of nitrogens with one attached hydrogen (secondary N) is 1. The maximum Gasteiger partial charge on any atom is 0.223 e. The highest BCUT2D eigenvalue weighted by molar-refractivity contribution is 5.85. The Hall–Kier alpha value is -4.59. The molecule has 8 heteroatoms. The zero-order valence-electron chi connectivity index (χ0n) is 21.7. The lowest BCUT2D eigenvalue weighted by Gasteiger charge is -2.14. The van der Waals surface area contributed by atoms with E-state index in [0.717, 1.165) is 69.9 Å². The van der Waals surface area contributed by atoms with Crippen molar-refractivity contribution in [1.82, 2.24) is 30.2 Å². The minimum absolute atomic E-state index is 0.193. The number of imidazole rings is 1. The van der Waals surface area contributed by atoms with Crippen LogP contribution in [0.5, 0.6) is 0 Å². The summed E-state index contributed by atoms with van der Waals surface area (Å²) in [6, 6.07) is 25.1. The van der Waals surface area contributed by atoms with Crippen LogP contribution in [0.15, 0.2) is 72.8 Å². The molecule has 0 atom stereocenters. The highest BCUT2D eigenvalue weighted by Crippen LogP contribution is 2.34. The fraction of sp³-hybridized carbons (Fsp3) is 0.233. The van der Waals surface area contributed by atoms with E-state index < -0.39 is 0 Å². The minimum atomic E-state index is -0.341. The van der Waals surface area contributed by atoms with Gasteiger partial charge >= 0.3 is 0 Å². The van der Waals surface area contributed by atoms with Gasteiger partial charge in [-0.05, 0) is 58.0 Å². The summed E-state index contributed by atoms with van der Waals surface area (Å²) in [6.07, 6.45) is 2.79. The molecule has 0 fully saturated rings. The molecular weight excluding hydrogens is 474 g/mol. The first-order valence-corrected chi connectivity index (χ1v) is 12.9. The first-order valence-electron chi connectivity index (χ1n) is 12.9. The molecule has 0 bridgehead atoms. The van der Waals surface area contributed by atoms with E-state index in [1.165, 1.54) is 0 Å². The number of hydrogen-bond donors (Lipinski definition) is 2. The molecule has 3 aromatic carbocycles. The van der Waals surface area contributed by atoms with Crippen LogP contribution in [0.4, 0.5) is 0 Å². The molecule has 3 N–H and O–H groups in total. The normalized spacial score (nSPS) is 11.1. The lowest BCUT2D eigenvalue weighted by molar-refractivity contribution is -0.117. The second-order valence-corrected chi connectivity index (χ2v) is 9.31. The first kappa shape index (κ1) is 25.1. The second kappa shape index (κ2) is 11.2. The molecule has 2 aromatic heterocycles. The molecule has 8 nitrogen and oxygen atoms in total. The molecule has 0 saturated heterocycles. The molecular formula is C30H31N7O. The molecule has 5 rings (SSSR count). The Balaban J connectivity index is 1.52. The summed E-state index contributed by atoms with van der Waals surface area (Å²) in [5.74, 6) is 1.21. The summed E-state index contributed by atoms with van der Waals surface area (Å²) in [6.45, 7) is 4.83. The number of carbonyl (C=O) groups excluding carboxylic acids is 1. The van der Waals surface area contributed by atoms with Crippen molar-refractivity contribution in [2.75, 3.05) is 0 Å². The van der Waals surface area contributed by atoms with E-state index in [4.69, 9.17) is 10.7 Å². The monoisotopic (exact) mass is 505 g/mol. The van der Waals surface area contributed by atoms with E-state index >= 15 is 0 Å². The first-order chi connectivity index (χ1) is 18.6. The Bertz CT molecular complexity index is 1520. The average molecular weight is 506 g/mol. The van der Waals surface area contributed by atoms with E-state index in [-0.39, 0.29) is 12.3 Å². The van der Waals surface area contributed by atoms with Crippen LogP contribution in [0.1, 0.15) is 43.0 Å². The van der Waals surface area contributed by atoms with Crippen molar-refractivity contribution in [3.8, 4) is 33.6 Å². The van der Waals surface area contributed by atoms with Gasteiger partial charge in [0.25, 0.3) is 0 Å². The Kier molecular flexibility index (Phi) is 7.40. The smallest absolute Gasteiger partial charge is 0.223 e. The standard InChI is InChI=1S/C30H31N7O/c1-3-8-29-32-26(4-2)27(18-28(31)38)37(29)19-20-11-13-22(14-12-20)25-17-23(21-9-6-5-7-10-21)15-16-24(25)30-33-35-36-34-30/h5-7,9-17H,3-4,8,18-19H2,1-2H3,(H2,31,38)(H,33,34,35,36). The van der Waals surface area contributed by atoms with Crippen molar-refractivity contribution in [1.29, 1.82) is 0 Å². The summed E-state index contributed by atoms with van der Waals surface area (Å²) in [5.41, 5.74) is 13.8. The van der Waals surface area contributed by atoms with Gasteiger partial charge in [-0.15, -0.1) is 10.2 Å². The van der Waals surface area contributed by atoms with Gasteiger partial charge in [-0.25, -0.2) is 4.98 Å². The third-order valence-corrected chi connectivity index (χ3v) is 6.70. The fourth-order valence-corrected chi connectivity index (χ4v) is 4.88. The van der Waals surface area contributed by atoms with Gasteiger partial charge in [0.05, 0.1) is 17.8 Å². The fourth-order valence-electron chi connectivity index (χ4n) is 4.88. The number of tetrazole rings is 1. The van der Waals surface area contributed by atoms with Crippen molar-refractivity contribution in [3.05, 3.63) is 95.6 Å². The van der Waals surface area contributed by atoms with Crippen LogP contribution in [-0.2, 0) is 30.6 Å². The van der Waals surface area contributed by atoms with Crippen molar-refractivity contribution < 1.29 is 4.79 Å². The second-order valence-electron chi connectivity index (χ2n) is 9.31. The van der Waals surface area contributed by atoms with Crippen LogP contribution in [0, 0.1) is 0 Å². The summed E-state index contributed by atoms with van der Waals surface area (Å²) < 4.78 is 2.17. The third-order valence-electron chi connectivity index (χ3n) is 6.70. The lowest BCUT2D eigenvalue weighted by Crippen LogP contribution is -2.19. The molecule has 2 heterocycles. The van der Waals surface area contributed by atoms with Crippen LogP contribution in [0.2, 0.25) is 0 Å². The number of hydrogen-bond acceptors (Lipinski definition) is 5. The number of aromatic nitrogens is 6. The van der Waals surface area contributed by atoms with Crippen LogP contribution >= 0.6 is 0 Å². The molecule has 0 radical (unpaired) electrons. The molecule has 0 aliphatic rings. The number of aryl methyl sites for hydroxylation is 2. The number of benzene rings is 3. The Labute approximate surface area is 221 Å². The SMILES string of the molecule is CCCc1nc(CC)c(CC(N)=O)n1Cc1ccc(-c2cc(-c3ccccc3)ccc2-c2nn[nH]n2)cc1. The largest absolute Gasteiger partial charge is 0.369 e. The van der Waals surface area contributed by atoms with Gasteiger partial charge in [0, 0.05) is 18.5 Å². The molecule has 5 aromatic rings. The number of H-pyrrole nitrogens is 1. The predicted octanol–water partition coefficient (Wildman–Crippen LogP) is 4.99. The number of primary amides is 1. The van der Waals surface area contributed by atoms with Gasteiger partial charge in [0.1, 0.15) is 5.82 Å². The third kappa shape index (κ3) is 5.25. The molecule has 1 amide bonds. The van der Waals surface area contributed by atoms with E-state index in [1.807, 2.05) is 24.3 Å². The highest BCUT2D eigenvalue weighted by atomic mass is 16.1. The van der Waals surface area contributed by atoms with Crippen molar-refractivity contribution in [3.63, 3.8) is 0 Å². The van der Waals surface area contributed by atoms with E-state index in [2.05, 4.69) is 87.6 Å². The number of rotatable bonds is 10. The van der Waals surface area contributed by atoms with Gasteiger partial charge < -0.3 is 10.3 Å². The quantitative estimate of drug-likeness (QED) is 0.277. The Morgan fingerprint density at radius 3 is 2.34 bits per heavy atom. The number of carbonyl (C=O) groups is 1. The van der Waals surface area contributed by atoms with Crippen molar-refractivity contribution in [2.45, 2.75) is 46.1 Å². The molecule has 0 aliphatic heterocycles. The number of aromatic amines is 1. The summed E-state index contributed by atoms with van der Waals surface area (Å²) in [7, 11) is 0. The van der Waals surface area contributed by atoms with Gasteiger partial charge in [0.15, 0.2) is 0 Å². The van der Waals surface area contributed by atoms with Gasteiger partial charge in [-0.1, -0.05) is 74.5 Å². The number of amides is 1.